The highest BCUT2D eigenvalue weighted by molar-refractivity contribution is 4.64. The van der Waals surface area contributed by atoms with Crippen molar-refractivity contribution in [1.29, 1.82) is 0 Å². The largest absolute Gasteiger partial charge is 0.393 e. The average Bonchev–Trinajstić information content (AvgIpc) is 1.87. The molecule has 0 rings (SSSR count). The van der Waals surface area contributed by atoms with E-state index in [1.165, 1.54) is 0 Å². The van der Waals surface area contributed by atoms with Crippen molar-refractivity contribution >= 4 is 0 Å². The van der Waals surface area contributed by atoms with Crippen molar-refractivity contribution in [3.05, 3.63) is 0 Å². The first-order chi connectivity index (χ1) is 4.54. The number of ether oxygens (including phenoxy) is 2. The van der Waals surface area contributed by atoms with Crippen molar-refractivity contribution in [3.63, 3.8) is 0 Å². The fraction of sp³-hybridized carbons (Fsp3) is 1.00. The van der Waals surface area contributed by atoms with Crippen LogP contribution in [0.2, 0.25) is 0 Å². The third-order valence-corrected chi connectivity index (χ3v) is 1.53. The quantitative estimate of drug-likeness (QED) is 0.598. The summed E-state index contributed by atoms with van der Waals surface area (Å²) in [5.41, 5.74) is 0. The van der Waals surface area contributed by atoms with E-state index in [2.05, 4.69) is 0 Å². The molecule has 1 unspecified atom stereocenters. The third kappa shape index (κ3) is 3.15. The van der Waals surface area contributed by atoms with Gasteiger partial charge in [0.05, 0.1) is 6.10 Å². The molecule has 0 saturated heterocycles. The molecule has 0 aromatic heterocycles. The maximum absolute atomic E-state index is 8.99. The lowest BCUT2D eigenvalue weighted by Gasteiger charge is -2.27. The van der Waals surface area contributed by atoms with Crippen LogP contribution in [0.25, 0.3) is 0 Å². The van der Waals surface area contributed by atoms with Gasteiger partial charge < -0.3 is 14.6 Å². The third-order valence-electron chi connectivity index (χ3n) is 1.53. The van der Waals surface area contributed by atoms with Crippen LogP contribution in [0.15, 0.2) is 0 Å². The van der Waals surface area contributed by atoms with Crippen molar-refractivity contribution in [3.8, 4) is 0 Å². The Hall–Kier alpha value is -0.120. The first-order valence-electron chi connectivity index (χ1n) is 3.32. The molecule has 0 aliphatic heterocycles. The lowest BCUT2D eigenvalue weighted by molar-refractivity contribution is -0.207. The second-order valence-corrected chi connectivity index (χ2v) is 2.60. The van der Waals surface area contributed by atoms with Crippen LogP contribution >= 0.6 is 0 Å². The maximum atomic E-state index is 8.99. The van der Waals surface area contributed by atoms with Gasteiger partial charge in [-0.05, 0) is 13.8 Å². The summed E-state index contributed by atoms with van der Waals surface area (Å²) in [7, 11) is 3.12. The molecule has 0 heterocycles. The Kier molecular flexibility index (Phi) is 3.86. The molecule has 3 nitrogen and oxygen atoms in total. The zero-order valence-corrected chi connectivity index (χ0v) is 7.05. The summed E-state index contributed by atoms with van der Waals surface area (Å²) in [5, 5.41) is 8.99. The van der Waals surface area contributed by atoms with Gasteiger partial charge in [-0.1, -0.05) is 0 Å². The van der Waals surface area contributed by atoms with E-state index >= 15 is 0 Å². The zero-order valence-electron chi connectivity index (χ0n) is 7.05. The summed E-state index contributed by atoms with van der Waals surface area (Å²) in [6.45, 7) is 3.50. The fourth-order valence-corrected chi connectivity index (χ4v) is 0.787. The summed E-state index contributed by atoms with van der Waals surface area (Å²) in [5.74, 6) is -0.645. The van der Waals surface area contributed by atoms with Crippen molar-refractivity contribution < 1.29 is 14.6 Å². The van der Waals surface area contributed by atoms with Crippen molar-refractivity contribution in [2.24, 2.45) is 0 Å². The van der Waals surface area contributed by atoms with E-state index in [1.807, 2.05) is 0 Å². The first-order valence-corrected chi connectivity index (χ1v) is 3.32. The molecule has 0 aliphatic rings. The Labute approximate surface area is 62.0 Å². The van der Waals surface area contributed by atoms with Gasteiger partial charge in [0.25, 0.3) is 0 Å². The molecule has 0 aliphatic carbocycles. The topological polar surface area (TPSA) is 38.7 Å². The molecule has 1 N–H and O–H groups in total. The molecular formula is C7H16O3. The second kappa shape index (κ2) is 3.91. The lowest BCUT2D eigenvalue weighted by atomic mass is 10.1. The highest BCUT2D eigenvalue weighted by Gasteiger charge is 2.24. The van der Waals surface area contributed by atoms with E-state index in [9.17, 15) is 0 Å². The van der Waals surface area contributed by atoms with Crippen LogP contribution in [0, 0.1) is 0 Å². The minimum absolute atomic E-state index is 0.398. The summed E-state index contributed by atoms with van der Waals surface area (Å²) in [4.78, 5) is 0. The van der Waals surface area contributed by atoms with E-state index in [4.69, 9.17) is 14.6 Å². The predicted octanol–water partition coefficient (Wildman–Crippen LogP) is 0.766. The van der Waals surface area contributed by atoms with E-state index in [-0.39, 0.29) is 0 Å². The molecule has 0 fully saturated rings. The highest BCUT2D eigenvalue weighted by atomic mass is 16.7. The minimum Gasteiger partial charge on any atom is -0.393 e. The van der Waals surface area contributed by atoms with Crippen molar-refractivity contribution in [2.45, 2.75) is 32.2 Å². The molecular weight excluding hydrogens is 132 g/mol. The Morgan fingerprint density at radius 1 is 1.40 bits per heavy atom. The summed E-state index contributed by atoms with van der Waals surface area (Å²) in [6.07, 6.45) is 0.0879. The number of methoxy groups -OCH3 is 2. The minimum atomic E-state index is -0.645. The molecule has 0 aromatic rings. The van der Waals surface area contributed by atoms with E-state index < -0.39 is 11.9 Å². The summed E-state index contributed by atoms with van der Waals surface area (Å²) >= 11 is 0. The van der Waals surface area contributed by atoms with E-state index in [0.717, 1.165) is 0 Å². The van der Waals surface area contributed by atoms with Gasteiger partial charge in [0.15, 0.2) is 5.79 Å². The van der Waals surface area contributed by atoms with Gasteiger partial charge in [-0.3, -0.25) is 0 Å². The Morgan fingerprint density at radius 3 is 1.90 bits per heavy atom. The van der Waals surface area contributed by atoms with E-state index in [0.29, 0.717) is 6.42 Å². The number of aliphatic hydroxyl groups is 1. The Morgan fingerprint density at radius 2 is 1.80 bits per heavy atom. The fourth-order valence-electron chi connectivity index (χ4n) is 0.787. The molecule has 10 heavy (non-hydrogen) atoms. The first kappa shape index (κ1) is 9.88. The smallest absolute Gasteiger partial charge is 0.167 e. The SMILES string of the molecule is COC(C)(CC(C)O)OC. The monoisotopic (exact) mass is 148 g/mol. The number of hydrogen-bond donors (Lipinski definition) is 1. The number of aliphatic hydroxyl groups excluding tert-OH is 1. The Balaban J connectivity index is 3.80. The molecule has 62 valence electrons. The molecule has 0 saturated carbocycles. The van der Waals surface area contributed by atoms with Gasteiger partial charge in [0.1, 0.15) is 0 Å². The van der Waals surface area contributed by atoms with Crippen LogP contribution in [-0.4, -0.2) is 31.2 Å². The molecule has 0 spiro atoms. The number of rotatable bonds is 4. The molecule has 3 heteroatoms. The molecule has 0 radical (unpaired) electrons. The van der Waals surface area contributed by atoms with Gasteiger partial charge in [-0.15, -0.1) is 0 Å². The van der Waals surface area contributed by atoms with Gasteiger partial charge in [-0.25, -0.2) is 0 Å². The second-order valence-electron chi connectivity index (χ2n) is 2.60. The predicted molar refractivity (Wildman–Crippen MR) is 38.7 cm³/mol. The molecule has 0 bridgehead atoms. The maximum Gasteiger partial charge on any atom is 0.167 e. The van der Waals surface area contributed by atoms with Gasteiger partial charge in [0, 0.05) is 20.6 Å². The summed E-state index contributed by atoms with van der Waals surface area (Å²) < 4.78 is 10.0. The van der Waals surface area contributed by atoms with Crippen molar-refractivity contribution in [1.82, 2.24) is 0 Å². The molecule has 0 aromatic carbocycles. The van der Waals surface area contributed by atoms with E-state index in [1.54, 1.807) is 28.1 Å². The van der Waals surface area contributed by atoms with Gasteiger partial charge in [-0.2, -0.15) is 0 Å². The normalized spacial score (nSPS) is 15.3. The Bertz CT molecular complexity index is 86.9. The molecule has 0 amide bonds. The van der Waals surface area contributed by atoms with Crippen LogP contribution in [0.4, 0.5) is 0 Å². The highest BCUT2D eigenvalue weighted by Crippen LogP contribution is 2.16. The van der Waals surface area contributed by atoms with Crippen LogP contribution in [0.3, 0.4) is 0 Å². The zero-order chi connectivity index (χ0) is 8.20. The number of hydrogen-bond acceptors (Lipinski definition) is 3. The van der Waals surface area contributed by atoms with Gasteiger partial charge >= 0.3 is 0 Å². The lowest BCUT2D eigenvalue weighted by Crippen LogP contribution is -2.33. The summed E-state index contributed by atoms with van der Waals surface area (Å²) in [6, 6.07) is 0. The van der Waals surface area contributed by atoms with Crippen LogP contribution in [0.1, 0.15) is 20.3 Å². The average molecular weight is 148 g/mol. The standard InChI is InChI=1S/C7H16O3/c1-6(8)5-7(2,9-3)10-4/h6,8H,5H2,1-4H3. The van der Waals surface area contributed by atoms with Crippen LogP contribution in [0.5, 0.6) is 0 Å². The molecule has 1 atom stereocenters. The van der Waals surface area contributed by atoms with Gasteiger partial charge in [0.2, 0.25) is 0 Å². The van der Waals surface area contributed by atoms with Crippen LogP contribution in [-0.2, 0) is 9.47 Å². The van der Waals surface area contributed by atoms with Crippen LogP contribution < -0.4 is 0 Å². The van der Waals surface area contributed by atoms with Crippen molar-refractivity contribution in [2.75, 3.05) is 14.2 Å².